The molecule has 3 aromatic rings. The summed E-state index contributed by atoms with van der Waals surface area (Å²) < 4.78 is 1.52. The van der Waals surface area contributed by atoms with Crippen molar-refractivity contribution in [2.45, 2.75) is 0 Å². The molecule has 5 nitrogen and oxygen atoms in total. The third-order valence-electron chi connectivity index (χ3n) is 2.82. The fraction of sp³-hybridized carbons (Fsp3) is 0. The number of halogens is 2. The molecule has 100 valence electrons. The highest BCUT2D eigenvalue weighted by Gasteiger charge is 2.16. The lowest BCUT2D eigenvalue weighted by molar-refractivity contribution is 0.0696. The average molecular weight is 308 g/mol. The Morgan fingerprint density at radius 3 is 2.60 bits per heavy atom. The second-order valence-corrected chi connectivity index (χ2v) is 4.89. The molecule has 0 amide bonds. The summed E-state index contributed by atoms with van der Waals surface area (Å²) in [5, 5.41) is 17.8. The Kier molecular flexibility index (Phi) is 3.08. The molecule has 3 rings (SSSR count). The maximum atomic E-state index is 11.1. The number of carboxylic acids is 1. The van der Waals surface area contributed by atoms with Crippen LogP contribution >= 0.6 is 23.2 Å². The largest absolute Gasteiger partial charge is 0.478 e. The molecular formula is C13H7Cl2N3O2. The van der Waals surface area contributed by atoms with Crippen molar-refractivity contribution in [1.29, 1.82) is 0 Å². The highest BCUT2D eigenvalue weighted by atomic mass is 35.5. The summed E-state index contributed by atoms with van der Waals surface area (Å²) in [6.45, 7) is 0. The molecule has 20 heavy (non-hydrogen) atoms. The predicted molar refractivity (Wildman–Crippen MR) is 75.4 cm³/mol. The molecule has 0 bridgehead atoms. The second kappa shape index (κ2) is 4.77. The minimum Gasteiger partial charge on any atom is -0.478 e. The molecule has 0 aliphatic rings. The number of fused-ring (bicyclic) bond motifs is 1. The molecule has 0 fully saturated rings. The molecule has 0 atom stereocenters. The number of hydrogen-bond acceptors (Lipinski definition) is 3. The van der Waals surface area contributed by atoms with Crippen LogP contribution in [0.5, 0.6) is 0 Å². The van der Waals surface area contributed by atoms with Crippen molar-refractivity contribution >= 4 is 34.8 Å². The van der Waals surface area contributed by atoms with Crippen molar-refractivity contribution in [3.63, 3.8) is 0 Å². The van der Waals surface area contributed by atoms with Crippen molar-refractivity contribution < 1.29 is 9.90 Å². The van der Waals surface area contributed by atoms with Crippen LogP contribution in [0.4, 0.5) is 0 Å². The quantitative estimate of drug-likeness (QED) is 0.788. The summed E-state index contributed by atoms with van der Waals surface area (Å²) >= 11 is 12.2. The molecule has 0 spiro atoms. The van der Waals surface area contributed by atoms with E-state index in [4.69, 9.17) is 28.3 Å². The molecule has 1 aromatic carbocycles. The van der Waals surface area contributed by atoms with E-state index in [1.165, 1.54) is 16.7 Å². The minimum atomic E-state index is -1.08. The molecule has 0 saturated heterocycles. The summed E-state index contributed by atoms with van der Waals surface area (Å²) in [7, 11) is 0. The lowest BCUT2D eigenvalue weighted by Crippen LogP contribution is -2.00. The van der Waals surface area contributed by atoms with Crippen molar-refractivity contribution in [3.8, 4) is 11.4 Å². The van der Waals surface area contributed by atoms with Crippen LogP contribution in [0.25, 0.3) is 17.0 Å². The van der Waals surface area contributed by atoms with Gasteiger partial charge in [0.05, 0.1) is 15.6 Å². The van der Waals surface area contributed by atoms with Crippen LogP contribution in [0.2, 0.25) is 10.0 Å². The summed E-state index contributed by atoms with van der Waals surface area (Å²) in [5.74, 6) is -0.636. The van der Waals surface area contributed by atoms with Crippen LogP contribution in [0.15, 0.2) is 36.5 Å². The molecule has 7 heteroatoms. The van der Waals surface area contributed by atoms with Gasteiger partial charge in [0.1, 0.15) is 0 Å². The lowest BCUT2D eigenvalue weighted by Gasteiger charge is -2.04. The highest BCUT2D eigenvalue weighted by Crippen LogP contribution is 2.28. The van der Waals surface area contributed by atoms with E-state index in [1.54, 1.807) is 18.2 Å². The van der Waals surface area contributed by atoms with E-state index < -0.39 is 5.97 Å². The molecule has 2 heterocycles. The zero-order valence-electron chi connectivity index (χ0n) is 9.92. The first-order valence-electron chi connectivity index (χ1n) is 5.60. The number of pyridine rings is 1. The Morgan fingerprint density at radius 1 is 1.15 bits per heavy atom. The maximum Gasteiger partial charge on any atom is 0.337 e. The molecule has 0 aliphatic carbocycles. The van der Waals surface area contributed by atoms with Gasteiger partial charge in [-0.2, -0.15) is 0 Å². The Labute approximate surface area is 123 Å². The molecule has 2 aromatic heterocycles. The second-order valence-electron chi connectivity index (χ2n) is 4.08. The van der Waals surface area contributed by atoms with Crippen LogP contribution in [0.1, 0.15) is 10.4 Å². The number of benzene rings is 1. The van der Waals surface area contributed by atoms with Gasteiger partial charge >= 0.3 is 5.97 Å². The van der Waals surface area contributed by atoms with Gasteiger partial charge in [0.25, 0.3) is 0 Å². The van der Waals surface area contributed by atoms with Gasteiger partial charge < -0.3 is 5.11 Å². The molecule has 0 saturated carbocycles. The first-order chi connectivity index (χ1) is 9.58. The van der Waals surface area contributed by atoms with E-state index in [1.807, 2.05) is 6.07 Å². The van der Waals surface area contributed by atoms with Gasteiger partial charge in [-0.1, -0.05) is 35.3 Å². The standard InChI is InChI=1S/C13H7Cl2N3O2/c14-9-4-2-1-3-8(9)11-16-17-12-10(15)5-7(13(19)20)6-18(11)12/h1-6H,(H,19,20). The molecule has 0 aliphatic heterocycles. The fourth-order valence-corrected chi connectivity index (χ4v) is 2.36. The highest BCUT2D eigenvalue weighted by molar-refractivity contribution is 6.34. The average Bonchev–Trinajstić information content (AvgIpc) is 2.83. The van der Waals surface area contributed by atoms with Crippen molar-refractivity contribution in [2.24, 2.45) is 0 Å². The van der Waals surface area contributed by atoms with Gasteiger partial charge in [-0.15, -0.1) is 10.2 Å². The van der Waals surface area contributed by atoms with Gasteiger partial charge in [0.15, 0.2) is 11.5 Å². The topological polar surface area (TPSA) is 67.5 Å². The number of rotatable bonds is 2. The first kappa shape index (κ1) is 12.9. The van der Waals surface area contributed by atoms with Gasteiger partial charge in [0, 0.05) is 11.8 Å². The number of carboxylic acid groups (broad SMARTS) is 1. The Morgan fingerprint density at radius 2 is 1.90 bits per heavy atom. The molecule has 0 radical (unpaired) electrons. The Hall–Kier alpha value is -2.11. The third-order valence-corrected chi connectivity index (χ3v) is 3.43. The van der Waals surface area contributed by atoms with E-state index in [2.05, 4.69) is 10.2 Å². The third kappa shape index (κ3) is 2.01. The summed E-state index contributed by atoms with van der Waals surface area (Å²) in [6.07, 6.45) is 1.42. The molecular weight excluding hydrogens is 301 g/mol. The van der Waals surface area contributed by atoms with E-state index in [-0.39, 0.29) is 10.6 Å². The SMILES string of the molecule is O=C(O)c1cc(Cl)c2nnc(-c3ccccc3Cl)n2c1. The van der Waals surface area contributed by atoms with Crippen LogP contribution in [-0.2, 0) is 0 Å². The number of aromatic nitrogens is 3. The van der Waals surface area contributed by atoms with Crippen molar-refractivity contribution in [2.75, 3.05) is 0 Å². The number of hydrogen-bond donors (Lipinski definition) is 1. The maximum absolute atomic E-state index is 11.1. The zero-order chi connectivity index (χ0) is 14.3. The fourth-order valence-electron chi connectivity index (χ4n) is 1.90. The van der Waals surface area contributed by atoms with Gasteiger partial charge in [-0.3, -0.25) is 4.40 Å². The van der Waals surface area contributed by atoms with E-state index in [9.17, 15) is 4.79 Å². The first-order valence-corrected chi connectivity index (χ1v) is 6.36. The van der Waals surface area contributed by atoms with Crippen LogP contribution < -0.4 is 0 Å². The van der Waals surface area contributed by atoms with Gasteiger partial charge in [-0.05, 0) is 18.2 Å². The smallest absolute Gasteiger partial charge is 0.337 e. The predicted octanol–water partition coefficient (Wildman–Crippen LogP) is 3.40. The van der Waals surface area contributed by atoms with Crippen LogP contribution in [0, 0.1) is 0 Å². The summed E-state index contributed by atoms with van der Waals surface area (Å²) in [5.41, 5.74) is 1.09. The number of carbonyl (C=O) groups is 1. The zero-order valence-corrected chi connectivity index (χ0v) is 11.4. The minimum absolute atomic E-state index is 0.0515. The van der Waals surface area contributed by atoms with E-state index in [0.717, 1.165) is 0 Å². The lowest BCUT2D eigenvalue weighted by atomic mass is 10.2. The number of nitrogens with zero attached hydrogens (tertiary/aromatic N) is 3. The van der Waals surface area contributed by atoms with E-state index in [0.29, 0.717) is 22.1 Å². The molecule has 0 unspecified atom stereocenters. The van der Waals surface area contributed by atoms with Crippen molar-refractivity contribution in [1.82, 2.24) is 14.6 Å². The van der Waals surface area contributed by atoms with Crippen LogP contribution in [-0.4, -0.2) is 25.7 Å². The van der Waals surface area contributed by atoms with Gasteiger partial charge in [-0.25, -0.2) is 4.79 Å². The molecule has 1 N–H and O–H groups in total. The summed E-state index contributed by atoms with van der Waals surface area (Å²) in [6, 6.07) is 8.45. The normalized spacial score (nSPS) is 10.9. The monoisotopic (exact) mass is 307 g/mol. The Bertz CT molecular complexity index is 830. The van der Waals surface area contributed by atoms with E-state index >= 15 is 0 Å². The van der Waals surface area contributed by atoms with Gasteiger partial charge in [0.2, 0.25) is 0 Å². The Balaban J connectivity index is 2.33. The number of aromatic carboxylic acids is 1. The summed E-state index contributed by atoms with van der Waals surface area (Å²) in [4.78, 5) is 11.1. The van der Waals surface area contributed by atoms with Crippen molar-refractivity contribution in [3.05, 3.63) is 52.1 Å². The van der Waals surface area contributed by atoms with Crippen LogP contribution in [0.3, 0.4) is 0 Å².